The SMILES string of the molecule is Cc1ccc(/C=C/C(=O)N2CC[NH+](CC(=O)Nc3cccc(F)c3)CC2)s1. The molecule has 3 rings (SSSR count). The number of rotatable bonds is 5. The second-order valence-electron chi connectivity index (χ2n) is 6.59. The van der Waals surface area contributed by atoms with Gasteiger partial charge in [0.25, 0.3) is 5.91 Å². The van der Waals surface area contributed by atoms with E-state index in [1.54, 1.807) is 29.5 Å². The van der Waals surface area contributed by atoms with Crippen LogP contribution in [0.3, 0.4) is 0 Å². The molecule has 0 saturated carbocycles. The van der Waals surface area contributed by atoms with E-state index in [1.165, 1.54) is 17.0 Å². The summed E-state index contributed by atoms with van der Waals surface area (Å²) in [5.74, 6) is -0.523. The average molecular weight is 388 g/mol. The van der Waals surface area contributed by atoms with Gasteiger partial charge < -0.3 is 15.1 Å². The molecule has 2 amide bonds. The highest BCUT2D eigenvalue weighted by molar-refractivity contribution is 7.12. The van der Waals surface area contributed by atoms with Crippen molar-refractivity contribution in [3.05, 3.63) is 58.0 Å². The topological polar surface area (TPSA) is 53.9 Å². The van der Waals surface area contributed by atoms with Crippen molar-refractivity contribution in [3.8, 4) is 0 Å². The van der Waals surface area contributed by atoms with Gasteiger partial charge in [-0.1, -0.05) is 6.07 Å². The van der Waals surface area contributed by atoms with Crippen molar-refractivity contribution in [2.75, 3.05) is 38.0 Å². The maximum Gasteiger partial charge on any atom is 0.279 e. The van der Waals surface area contributed by atoms with Gasteiger partial charge in [-0.05, 0) is 43.3 Å². The number of halogens is 1. The summed E-state index contributed by atoms with van der Waals surface area (Å²) >= 11 is 1.66. The minimum atomic E-state index is -0.377. The van der Waals surface area contributed by atoms with Crippen molar-refractivity contribution in [2.45, 2.75) is 6.92 Å². The predicted octanol–water partition coefficient (Wildman–Crippen LogP) is 1.57. The molecular formula is C20H23FN3O2S+. The first-order chi connectivity index (χ1) is 13.0. The van der Waals surface area contributed by atoms with Crippen LogP contribution in [0.2, 0.25) is 0 Å². The van der Waals surface area contributed by atoms with E-state index in [1.807, 2.05) is 30.0 Å². The number of nitrogens with one attached hydrogen (secondary N) is 2. The maximum atomic E-state index is 13.2. The highest BCUT2D eigenvalue weighted by Crippen LogP contribution is 2.16. The molecule has 1 aliphatic heterocycles. The molecule has 7 heteroatoms. The first kappa shape index (κ1) is 19.3. The van der Waals surface area contributed by atoms with Gasteiger partial charge in [0.15, 0.2) is 6.54 Å². The minimum absolute atomic E-state index is 0.00400. The van der Waals surface area contributed by atoms with Crippen LogP contribution in [0.4, 0.5) is 10.1 Å². The molecule has 1 saturated heterocycles. The number of quaternary nitrogens is 1. The number of piperazine rings is 1. The smallest absolute Gasteiger partial charge is 0.279 e. The van der Waals surface area contributed by atoms with Gasteiger partial charge in [0.05, 0.1) is 26.2 Å². The van der Waals surface area contributed by atoms with E-state index in [9.17, 15) is 14.0 Å². The Bertz CT molecular complexity index is 841. The Hall–Kier alpha value is -2.51. The van der Waals surface area contributed by atoms with Crippen molar-refractivity contribution in [1.29, 1.82) is 0 Å². The van der Waals surface area contributed by atoms with Gasteiger partial charge in [-0.15, -0.1) is 11.3 Å². The van der Waals surface area contributed by atoms with Crippen LogP contribution in [-0.4, -0.2) is 49.4 Å². The Morgan fingerprint density at radius 1 is 1.26 bits per heavy atom. The maximum absolute atomic E-state index is 13.2. The van der Waals surface area contributed by atoms with E-state index in [0.29, 0.717) is 38.4 Å². The highest BCUT2D eigenvalue weighted by atomic mass is 32.1. The van der Waals surface area contributed by atoms with Crippen LogP contribution in [0.25, 0.3) is 6.08 Å². The van der Waals surface area contributed by atoms with E-state index in [0.717, 1.165) is 9.78 Å². The van der Waals surface area contributed by atoms with Gasteiger partial charge in [0.2, 0.25) is 5.91 Å². The average Bonchev–Trinajstić information content (AvgIpc) is 3.05. The summed E-state index contributed by atoms with van der Waals surface area (Å²) in [6.45, 7) is 5.02. The highest BCUT2D eigenvalue weighted by Gasteiger charge is 2.24. The fraction of sp³-hybridized carbons (Fsp3) is 0.300. The first-order valence-corrected chi connectivity index (χ1v) is 9.73. The Balaban J connectivity index is 1.43. The normalized spacial score (nSPS) is 15.3. The third kappa shape index (κ3) is 5.74. The Kier molecular flexibility index (Phi) is 6.36. The zero-order chi connectivity index (χ0) is 19.2. The van der Waals surface area contributed by atoms with Gasteiger partial charge in [0, 0.05) is 21.5 Å². The quantitative estimate of drug-likeness (QED) is 0.764. The molecule has 0 bridgehead atoms. The summed E-state index contributed by atoms with van der Waals surface area (Å²) < 4.78 is 13.2. The number of carbonyl (C=O) groups excluding carboxylic acids is 2. The molecule has 1 aromatic heterocycles. The van der Waals surface area contributed by atoms with Crippen molar-refractivity contribution in [2.24, 2.45) is 0 Å². The minimum Gasteiger partial charge on any atom is -0.328 e. The molecule has 1 aliphatic rings. The molecule has 27 heavy (non-hydrogen) atoms. The molecule has 2 heterocycles. The molecule has 0 spiro atoms. The summed E-state index contributed by atoms with van der Waals surface area (Å²) in [5.41, 5.74) is 0.460. The van der Waals surface area contributed by atoms with E-state index in [-0.39, 0.29) is 17.6 Å². The standard InChI is InChI=1S/C20H22FN3O2S/c1-15-5-6-18(27-15)7-8-20(26)24-11-9-23(10-12-24)14-19(25)22-17-4-2-3-16(21)13-17/h2-8,13H,9-12,14H2,1H3,(H,22,25)/p+1/b8-7+. The molecular weight excluding hydrogens is 365 g/mol. The number of thiophene rings is 1. The summed E-state index contributed by atoms with van der Waals surface area (Å²) in [7, 11) is 0. The molecule has 0 radical (unpaired) electrons. The second kappa shape index (κ2) is 8.92. The van der Waals surface area contributed by atoms with Crippen LogP contribution in [0.1, 0.15) is 9.75 Å². The Morgan fingerprint density at radius 2 is 2.04 bits per heavy atom. The number of carbonyl (C=O) groups is 2. The summed E-state index contributed by atoms with van der Waals surface area (Å²) in [6, 6.07) is 9.90. The largest absolute Gasteiger partial charge is 0.328 e. The molecule has 5 nitrogen and oxygen atoms in total. The summed E-state index contributed by atoms with van der Waals surface area (Å²) in [6.07, 6.45) is 3.47. The van der Waals surface area contributed by atoms with Crippen LogP contribution in [-0.2, 0) is 9.59 Å². The van der Waals surface area contributed by atoms with Gasteiger partial charge in [-0.25, -0.2) is 4.39 Å². The number of hydrogen-bond donors (Lipinski definition) is 2. The molecule has 2 N–H and O–H groups in total. The second-order valence-corrected chi connectivity index (χ2v) is 7.91. The molecule has 142 valence electrons. The number of benzene rings is 1. The van der Waals surface area contributed by atoms with Crippen LogP contribution >= 0.6 is 11.3 Å². The first-order valence-electron chi connectivity index (χ1n) is 8.92. The van der Waals surface area contributed by atoms with E-state index >= 15 is 0 Å². The lowest BCUT2D eigenvalue weighted by Crippen LogP contribution is -3.15. The summed E-state index contributed by atoms with van der Waals surface area (Å²) in [5, 5.41) is 2.71. The summed E-state index contributed by atoms with van der Waals surface area (Å²) in [4.78, 5) is 29.6. The van der Waals surface area contributed by atoms with Gasteiger partial charge in [-0.3, -0.25) is 9.59 Å². The van der Waals surface area contributed by atoms with Gasteiger partial charge in [0.1, 0.15) is 5.82 Å². The number of nitrogens with zero attached hydrogens (tertiary/aromatic N) is 1. The molecule has 1 fully saturated rings. The Labute approximate surface area is 162 Å². The lowest BCUT2D eigenvalue weighted by molar-refractivity contribution is -0.895. The van der Waals surface area contributed by atoms with Crippen molar-refractivity contribution < 1.29 is 18.9 Å². The predicted molar refractivity (Wildman–Crippen MR) is 105 cm³/mol. The van der Waals surface area contributed by atoms with E-state index < -0.39 is 0 Å². The van der Waals surface area contributed by atoms with Crippen LogP contribution < -0.4 is 10.2 Å². The lowest BCUT2D eigenvalue weighted by atomic mass is 10.2. The van der Waals surface area contributed by atoms with Gasteiger partial charge >= 0.3 is 0 Å². The van der Waals surface area contributed by atoms with Crippen LogP contribution in [0.5, 0.6) is 0 Å². The van der Waals surface area contributed by atoms with Crippen LogP contribution in [0, 0.1) is 12.7 Å². The number of hydrogen-bond acceptors (Lipinski definition) is 3. The van der Waals surface area contributed by atoms with Crippen molar-refractivity contribution >= 4 is 34.9 Å². The third-order valence-corrected chi connectivity index (χ3v) is 5.42. The lowest BCUT2D eigenvalue weighted by Gasteiger charge is -2.31. The fourth-order valence-electron chi connectivity index (χ4n) is 3.02. The van der Waals surface area contributed by atoms with Gasteiger partial charge in [-0.2, -0.15) is 0 Å². The molecule has 2 aromatic rings. The van der Waals surface area contributed by atoms with Crippen molar-refractivity contribution in [3.63, 3.8) is 0 Å². The van der Waals surface area contributed by atoms with Crippen molar-refractivity contribution in [1.82, 2.24) is 4.90 Å². The zero-order valence-corrected chi connectivity index (χ0v) is 16.0. The molecule has 0 atom stereocenters. The number of anilines is 1. The molecule has 0 aliphatic carbocycles. The monoisotopic (exact) mass is 388 g/mol. The fourth-order valence-corrected chi connectivity index (χ4v) is 3.80. The third-order valence-electron chi connectivity index (χ3n) is 4.45. The Morgan fingerprint density at radius 3 is 2.70 bits per heavy atom. The zero-order valence-electron chi connectivity index (χ0n) is 15.2. The van der Waals surface area contributed by atoms with E-state index in [4.69, 9.17) is 0 Å². The molecule has 0 unspecified atom stereocenters. The molecule has 1 aromatic carbocycles. The van der Waals surface area contributed by atoms with Crippen LogP contribution in [0.15, 0.2) is 42.5 Å². The number of amides is 2. The van der Waals surface area contributed by atoms with E-state index in [2.05, 4.69) is 5.32 Å². The number of aryl methyl sites for hydroxylation is 1.